The summed E-state index contributed by atoms with van der Waals surface area (Å²) in [5.74, 6) is 0. The Hall–Kier alpha value is -1.11. The van der Waals surface area contributed by atoms with E-state index in [9.17, 15) is 8.42 Å². The van der Waals surface area contributed by atoms with E-state index < -0.39 is 10.0 Å². The molecule has 0 aliphatic heterocycles. The van der Waals surface area contributed by atoms with Gasteiger partial charge in [-0.1, -0.05) is 47.5 Å². The molecular formula is C14H14Cl2N2O2S. The van der Waals surface area contributed by atoms with Gasteiger partial charge in [-0.2, -0.15) is 0 Å². The molecule has 21 heavy (non-hydrogen) atoms. The van der Waals surface area contributed by atoms with Crippen LogP contribution in [-0.4, -0.2) is 8.42 Å². The van der Waals surface area contributed by atoms with Gasteiger partial charge in [0.1, 0.15) is 4.90 Å². The maximum atomic E-state index is 12.2. The van der Waals surface area contributed by atoms with Crippen LogP contribution in [0, 0.1) is 0 Å². The molecule has 0 aliphatic rings. The summed E-state index contributed by atoms with van der Waals surface area (Å²) in [5, 5.41) is 0.442. The van der Waals surface area contributed by atoms with Crippen molar-refractivity contribution in [1.29, 1.82) is 0 Å². The van der Waals surface area contributed by atoms with Gasteiger partial charge in [0.2, 0.25) is 10.0 Å². The van der Waals surface area contributed by atoms with E-state index in [0.717, 1.165) is 11.1 Å². The monoisotopic (exact) mass is 344 g/mol. The van der Waals surface area contributed by atoms with E-state index in [4.69, 9.17) is 28.9 Å². The van der Waals surface area contributed by atoms with E-state index in [1.54, 1.807) is 0 Å². The molecule has 0 heterocycles. The third-order valence-corrected chi connectivity index (χ3v) is 5.03. The number of rotatable bonds is 5. The predicted molar refractivity (Wildman–Crippen MR) is 84.8 cm³/mol. The quantitative estimate of drug-likeness (QED) is 0.875. The Bertz CT molecular complexity index is 731. The topological polar surface area (TPSA) is 72.2 Å². The fraction of sp³-hybridized carbons (Fsp3) is 0.143. The van der Waals surface area contributed by atoms with Crippen LogP contribution in [0.25, 0.3) is 0 Å². The lowest BCUT2D eigenvalue weighted by Gasteiger charge is -2.09. The minimum atomic E-state index is -3.72. The first-order chi connectivity index (χ1) is 9.92. The largest absolute Gasteiger partial charge is 0.326 e. The van der Waals surface area contributed by atoms with Crippen molar-refractivity contribution in [2.24, 2.45) is 5.73 Å². The number of sulfonamides is 1. The third-order valence-electron chi connectivity index (χ3n) is 2.91. The highest BCUT2D eigenvalue weighted by Crippen LogP contribution is 2.24. The average molecular weight is 345 g/mol. The van der Waals surface area contributed by atoms with Gasteiger partial charge in [-0.25, -0.2) is 13.1 Å². The molecule has 3 N–H and O–H groups in total. The first-order valence-corrected chi connectivity index (χ1v) is 8.39. The summed E-state index contributed by atoms with van der Waals surface area (Å²) in [6, 6.07) is 11.7. The minimum Gasteiger partial charge on any atom is -0.326 e. The highest BCUT2D eigenvalue weighted by Gasteiger charge is 2.18. The van der Waals surface area contributed by atoms with Gasteiger partial charge in [0.05, 0.1) is 5.02 Å². The van der Waals surface area contributed by atoms with Gasteiger partial charge in [0, 0.05) is 18.1 Å². The minimum absolute atomic E-state index is 0.0322. The average Bonchev–Trinajstić information content (AvgIpc) is 2.48. The Morgan fingerprint density at radius 1 is 1.00 bits per heavy atom. The molecule has 0 radical (unpaired) electrons. The van der Waals surface area contributed by atoms with Crippen LogP contribution in [0.4, 0.5) is 0 Å². The van der Waals surface area contributed by atoms with Gasteiger partial charge in [0.25, 0.3) is 0 Å². The van der Waals surface area contributed by atoms with Crippen LogP contribution in [0.3, 0.4) is 0 Å². The normalized spacial score (nSPS) is 11.6. The number of hydrogen-bond donors (Lipinski definition) is 2. The van der Waals surface area contributed by atoms with Crippen LogP contribution in [0.15, 0.2) is 47.4 Å². The molecule has 0 fully saturated rings. The van der Waals surface area contributed by atoms with E-state index in [-0.39, 0.29) is 16.5 Å². The molecule has 0 spiro atoms. The van der Waals surface area contributed by atoms with Crippen LogP contribution in [0.1, 0.15) is 11.1 Å². The van der Waals surface area contributed by atoms with Crippen molar-refractivity contribution in [3.05, 3.63) is 63.6 Å². The number of benzene rings is 2. The molecule has 0 amide bonds. The van der Waals surface area contributed by atoms with Crippen LogP contribution in [0.2, 0.25) is 10.0 Å². The molecular weight excluding hydrogens is 331 g/mol. The Balaban J connectivity index is 2.15. The molecule has 4 nitrogen and oxygen atoms in total. The lowest BCUT2D eigenvalue weighted by atomic mass is 10.1. The lowest BCUT2D eigenvalue weighted by Crippen LogP contribution is -2.23. The molecule has 0 saturated heterocycles. The molecule has 0 atom stereocenters. The highest BCUT2D eigenvalue weighted by atomic mass is 35.5. The van der Waals surface area contributed by atoms with Gasteiger partial charge < -0.3 is 5.73 Å². The maximum absolute atomic E-state index is 12.2. The lowest BCUT2D eigenvalue weighted by molar-refractivity contribution is 0.581. The predicted octanol–water partition coefficient (Wildman–Crippen LogP) is 2.93. The molecule has 2 aromatic carbocycles. The van der Waals surface area contributed by atoms with Crippen molar-refractivity contribution in [1.82, 2.24) is 4.72 Å². The summed E-state index contributed by atoms with van der Waals surface area (Å²) in [6.07, 6.45) is 0. The molecule has 2 aromatic rings. The summed E-state index contributed by atoms with van der Waals surface area (Å²) in [7, 11) is -3.72. The van der Waals surface area contributed by atoms with Crippen molar-refractivity contribution >= 4 is 33.2 Å². The van der Waals surface area contributed by atoms with Crippen molar-refractivity contribution < 1.29 is 8.42 Å². The Kier molecular flexibility index (Phi) is 5.24. The van der Waals surface area contributed by atoms with E-state index >= 15 is 0 Å². The van der Waals surface area contributed by atoms with E-state index in [2.05, 4.69) is 4.72 Å². The Labute approximate surface area is 133 Å². The van der Waals surface area contributed by atoms with Gasteiger partial charge >= 0.3 is 0 Å². The second-order valence-electron chi connectivity index (χ2n) is 4.42. The van der Waals surface area contributed by atoms with Crippen molar-refractivity contribution in [3.63, 3.8) is 0 Å². The number of hydrogen-bond acceptors (Lipinski definition) is 3. The van der Waals surface area contributed by atoms with E-state index in [0.29, 0.717) is 11.6 Å². The summed E-state index contributed by atoms with van der Waals surface area (Å²) in [6.45, 7) is 0.611. The van der Waals surface area contributed by atoms with E-state index in [1.165, 1.54) is 18.2 Å². The first kappa shape index (κ1) is 16.3. The van der Waals surface area contributed by atoms with Crippen molar-refractivity contribution in [2.75, 3.05) is 0 Å². The Morgan fingerprint density at radius 3 is 2.24 bits per heavy atom. The summed E-state index contributed by atoms with van der Waals surface area (Å²) in [4.78, 5) is -0.0322. The van der Waals surface area contributed by atoms with Crippen LogP contribution >= 0.6 is 23.2 Å². The summed E-state index contributed by atoms with van der Waals surface area (Å²) >= 11 is 11.7. The van der Waals surface area contributed by atoms with Crippen LogP contribution in [0.5, 0.6) is 0 Å². The zero-order valence-corrected chi connectivity index (χ0v) is 13.3. The van der Waals surface area contributed by atoms with E-state index in [1.807, 2.05) is 24.3 Å². The fourth-order valence-corrected chi connectivity index (χ4v) is 3.51. The number of nitrogens with one attached hydrogen (secondary N) is 1. The summed E-state index contributed by atoms with van der Waals surface area (Å²) < 4.78 is 26.9. The van der Waals surface area contributed by atoms with Gasteiger partial charge in [-0.05, 0) is 29.3 Å². The maximum Gasteiger partial charge on any atom is 0.242 e. The molecule has 0 bridgehead atoms. The zero-order chi connectivity index (χ0) is 15.5. The van der Waals surface area contributed by atoms with Gasteiger partial charge in [-0.3, -0.25) is 0 Å². The molecule has 112 valence electrons. The van der Waals surface area contributed by atoms with Crippen LogP contribution < -0.4 is 10.5 Å². The van der Waals surface area contributed by atoms with Gasteiger partial charge in [0.15, 0.2) is 0 Å². The number of nitrogens with two attached hydrogens (primary N) is 1. The SMILES string of the molecule is NCc1ccc(CNS(=O)(=O)c2cc(Cl)ccc2Cl)cc1. The smallest absolute Gasteiger partial charge is 0.242 e. The molecule has 2 rings (SSSR count). The van der Waals surface area contributed by atoms with Gasteiger partial charge in [-0.15, -0.1) is 0 Å². The van der Waals surface area contributed by atoms with Crippen molar-refractivity contribution in [2.45, 2.75) is 18.0 Å². The summed E-state index contributed by atoms with van der Waals surface area (Å²) in [5.41, 5.74) is 7.32. The second-order valence-corrected chi connectivity index (χ2v) is 7.00. The van der Waals surface area contributed by atoms with Crippen molar-refractivity contribution in [3.8, 4) is 0 Å². The third kappa shape index (κ3) is 4.18. The zero-order valence-electron chi connectivity index (χ0n) is 11.0. The second kappa shape index (κ2) is 6.77. The standard InChI is InChI=1S/C14H14Cl2N2O2S/c15-12-5-6-13(16)14(7-12)21(19,20)18-9-11-3-1-10(8-17)2-4-11/h1-7,18H,8-9,17H2. The fourth-order valence-electron chi connectivity index (χ4n) is 1.73. The highest BCUT2D eigenvalue weighted by molar-refractivity contribution is 7.89. The molecule has 0 aliphatic carbocycles. The molecule has 0 unspecified atom stereocenters. The van der Waals surface area contributed by atoms with Crippen LogP contribution in [-0.2, 0) is 23.1 Å². The molecule has 0 aromatic heterocycles. The first-order valence-electron chi connectivity index (χ1n) is 6.15. The molecule has 7 heteroatoms. The number of halogens is 2. The molecule has 0 saturated carbocycles. The Morgan fingerprint density at radius 2 is 1.62 bits per heavy atom.